The number of nitrogens with zero attached hydrogens (tertiary/aromatic N) is 1. The number of carbonyl (C=O) groups is 3. The van der Waals surface area contributed by atoms with Crippen LogP contribution in [0, 0.1) is 0 Å². The van der Waals surface area contributed by atoms with E-state index in [1.807, 2.05) is 21.1 Å². The van der Waals surface area contributed by atoms with E-state index in [2.05, 4.69) is 50.3 Å². The molecule has 0 rings (SSSR count). The van der Waals surface area contributed by atoms with Gasteiger partial charge in [0.2, 0.25) is 0 Å². The normalized spacial score (nSPS) is 13.0. The monoisotopic (exact) mass is 1020 g/mol. The van der Waals surface area contributed by atoms with Gasteiger partial charge in [-0.05, 0) is 70.6 Å². The molecule has 0 aromatic carbocycles. The van der Waals surface area contributed by atoms with Gasteiger partial charge in [-0.25, -0.2) is 0 Å². The lowest BCUT2D eigenvalue weighted by molar-refractivity contribution is -0.870. The fraction of sp³-hybridized carbons (Fsp3) is 0.857. The van der Waals surface area contributed by atoms with Crippen LogP contribution in [-0.2, 0) is 33.3 Å². The van der Waals surface area contributed by atoms with Crippen molar-refractivity contribution >= 4 is 17.9 Å². The summed E-state index contributed by atoms with van der Waals surface area (Å²) in [5.41, 5.74) is 0. The van der Waals surface area contributed by atoms with Crippen molar-refractivity contribution < 1.29 is 42.9 Å². The van der Waals surface area contributed by atoms with Crippen molar-refractivity contribution in [3.05, 3.63) is 36.5 Å². The number of quaternary nitrogens is 1. The molecular formula is C63H117NO8. The zero-order chi connectivity index (χ0) is 52.7. The average molecular weight is 1020 g/mol. The van der Waals surface area contributed by atoms with Crippen molar-refractivity contribution in [2.75, 3.05) is 47.5 Å². The maximum Gasteiger partial charge on any atom is 0.306 e. The van der Waals surface area contributed by atoms with E-state index < -0.39 is 24.3 Å². The Bertz CT molecular complexity index is 1270. The maximum atomic E-state index is 12.9. The molecule has 2 unspecified atom stereocenters. The minimum absolute atomic E-state index is 0.149. The lowest BCUT2D eigenvalue weighted by Crippen LogP contribution is -2.44. The Labute approximate surface area is 445 Å². The summed E-state index contributed by atoms with van der Waals surface area (Å²) in [6.07, 6.45) is 63.4. The zero-order valence-corrected chi connectivity index (χ0v) is 48.1. The van der Waals surface area contributed by atoms with Gasteiger partial charge in [-0.2, -0.15) is 0 Å². The predicted octanol–water partition coefficient (Wildman–Crippen LogP) is 16.7. The number of allylic oxidation sites excluding steroid dienone is 6. The summed E-state index contributed by atoms with van der Waals surface area (Å²) in [6, 6.07) is 0. The van der Waals surface area contributed by atoms with Crippen molar-refractivity contribution in [2.24, 2.45) is 0 Å². The number of esters is 2. The van der Waals surface area contributed by atoms with Crippen molar-refractivity contribution in [1.82, 2.24) is 0 Å². The van der Waals surface area contributed by atoms with Crippen LogP contribution in [0.2, 0.25) is 0 Å². The topological polar surface area (TPSA) is 111 Å². The van der Waals surface area contributed by atoms with E-state index in [0.29, 0.717) is 17.4 Å². The van der Waals surface area contributed by atoms with Crippen molar-refractivity contribution in [2.45, 2.75) is 302 Å². The Morgan fingerprint density at radius 1 is 0.417 bits per heavy atom. The fourth-order valence-electron chi connectivity index (χ4n) is 8.86. The van der Waals surface area contributed by atoms with Crippen LogP contribution in [0.1, 0.15) is 290 Å². The smallest absolute Gasteiger partial charge is 0.306 e. The van der Waals surface area contributed by atoms with E-state index >= 15 is 0 Å². The van der Waals surface area contributed by atoms with Gasteiger partial charge in [-0.3, -0.25) is 9.59 Å². The van der Waals surface area contributed by atoms with E-state index in [1.165, 1.54) is 218 Å². The second-order valence-electron chi connectivity index (χ2n) is 22.0. The Hall–Kier alpha value is -2.49. The molecule has 0 amide bonds. The molecule has 72 heavy (non-hydrogen) atoms. The van der Waals surface area contributed by atoms with Crippen LogP contribution in [0.5, 0.6) is 0 Å². The second-order valence-corrected chi connectivity index (χ2v) is 22.0. The molecule has 9 nitrogen and oxygen atoms in total. The molecule has 0 saturated carbocycles. The number of carbonyl (C=O) groups excluding carboxylic acids is 3. The third kappa shape index (κ3) is 55.3. The third-order valence-electron chi connectivity index (χ3n) is 13.6. The SMILES string of the molecule is CCCCCCC/C=C\C/C=C\CCCCCCCCCCCCCCCCCCCC(=O)OC(COC(=O)CCCCCCCCC/C=C\CCCCCCCCC)COC(OCC[N+](C)(C)C)C(=O)[O-]. The fourth-order valence-corrected chi connectivity index (χ4v) is 8.86. The number of ether oxygens (including phenoxy) is 4. The van der Waals surface area contributed by atoms with Gasteiger partial charge >= 0.3 is 11.9 Å². The van der Waals surface area contributed by atoms with Gasteiger partial charge in [0.1, 0.15) is 13.2 Å². The van der Waals surface area contributed by atoms with Crippen LogP contribution in [-0.4, -0.2) is 82.3 Å². The first-order valence-electron chi connectivity index (χ1n) is 30.6. The third-order valence-corrected chi connectivity index (χ3v) is 13.6. The molecule has 0 aliphatic carbocycles. The minimum Gasteiger partial charge on any atom is -0.545 e. The molecule has 0 aromatic rings. The van der Waals surface area contributed by atoms with Crippen LogP contribution >= 0.6 is 0 Å². The molecular weight excluding hydrogens is 899 g/mol. The van der Waals surface area contributed by atoms with Crippen molar-refractivity contribution in [3.63, 3.8) is 0 Å². The lowest BCUT2D eigenvalue weighted by atomic mass is 10.0. The van der Waals surface area contributed by atoms with Crippen molar-refractivity contribution in [1.29, 1.82) is 0 Å². The van der Waals surface area contributed by atoms with Crippen LogP contribution < -0.4 is 5.11 Å². The molecule has 0 N–H and O–H groups in total. The van der Waals surface area contributed by atoms with Gasteiger partial charge in [0.25, 0.3) is 0 Å². The highest BCUT2D eigenvalue weighted by atomic mass is 16.7. The molecule has 0 aliphatic heterocycles. The highest BCUT2D eigenvalue weighted by Gasteiger charge is 2.22. The Kier molecular flexibility index (Phi) is 52.9. The first kappa shape index (κ1) is 69.5. The molecule has 0 bridgehead atoms. The summed E-state index contributed by atoms with van der Waals surface area (Å²) in [5.74, 6) is -2.27. The number of unbranched alkanes of at least 4 members (excludes halogenated alkanes) is 36. The Morgan fingerprint density at radius 3 is 1.11 bits per heavy atom. The average Bonchev–Trinajstić information content (AvgIpc) is 3.35. The number of hydrogen-bond acceptors (Lipinski definition) is 8. The second kappa shape index (κ2) is 54.8. The van der Waals surface area contributed by atoms with E-state index in [0.717, 1.165) is 38.5 Å². The van der Waals surface area contributed by atoms with E-state index in [1.54, 1.807) is 0 Å². The molecule has 2 atom stereocenters. The zero-order valence-electron chi connectivity index (χ0n) is 48.1. The number of aliphatic carboxylic acids is 1. The van der Waals surface area contributed by atoms with Crippen LogP contribution in [0.15, 0.2) is 36.5 Å². The largest absolute Gasteiger partial charge is 0.545 e. The molecule has 0 aromatic heterocycles. The number of likely N-dealkylation sites (N-methyl/N-ethyl adjacent to an activating group) is 1. The van der Waals surface area contributed by atoms with Crippen LogP contribution in [0.4, 0.5) is 0 Å². The molecule has 0 heterocycles. The van der Waals surface area contributed by atoms with Crippen LogP contribution in [0.25, 0.3) is 0 Å². The standard InChI is InChI=1S/C63H117NO8/c1-6-8-10-12-14-16-18-20-22-24-26-27-28-29-30-31-32-33-34-35-36-38-40-42-44-46-48-50-52-54-61(66)72-59(58-71-63(62(67)68)69-56-55-64(3,4)5)57-70-60(65)53-51-49-47-45-43-41-39-37-25-23-21-19-17-15-13-11-9-7-2/h18,20,23-26,59,63H,6-17,19,21-22,27-58H2,1-5H3/b20-18-,25-23-,26-24-. The summed E-state index contributed by atoms with van der Waals surface area (Å²) in [6.45, 7) is 4.77. The predicted molar refractivity (Wildman–Crippen MR) is 302 cm³/mol. The summed E-state index contributed by atoms with van der Waals surface area (Å²) in [5, 5.41) is 11.8. The van der Waals surface area contributed by atoms with Crippen molar-refractivity contribution in [3.8, 4) is 0 Å². The molecule has 0 aliphatic rings. The van der Waals surface area contributed by atoms with Gasteiger partial charge in [-0.1, -0.05) is 243 Å². The molecule has 0 radical (unpaired) electrons. The summed E-state index contributed by atoms with van der Waals surface area (Å²) >= 11 is 0. The number of carboxylic acid groups (broad SMARTS) is 1. The number of rotatable bonds is 57. The minimum atomic E-state index is -1.62. The first-order chi connectivity index (χ1) is 35.1. The Morgan fingerprint density at radius 2 is 0.750 bits per heavy atom. The number of carboxylic acids is 1. The molecule has 9 heteroatoms. The molecule has 422 valence electrons. The van der Waals surface area contributed by atoms with Gasteiger partial charge in [-0.15, -0.1) is 0 Å². The highest BCUT2D eigenvalue weighted by Crippen LogP contribution is 2.17. The summed E-state index contributed by atoms with van der Waals surface area (Å²) in [4.78, 5) is 37.3. The maximum absolute atomic E-state index is 12.9. The molecule has 0 fully saturated rings. The highest BCUT2D eigenvalue weighted by molar-refractivity contribution is 5.70. The molecule has 0 spiro atoms. The lowest BCUT2D eigenvalue weighted by Gasteiger charge is -2.26. The van der Waals surface area contributed by atoms with Gasteiger partial charge in [0.05, 0.1) is 40.3 Å². The Balaban J connectivity index is 4.15. The summed E-state index contributed by atoms with van der Waals surface area (Å²) in [7, 11) is 5.93. The van der Waals surface area contributed by atoms with Gasteiger partial charge < -0.3 is 33.3 Å². The first-order valence-corrected chi connectivity index (χ1v) is 30.6. The van der Waals surface area contributed by atoms with E-state index in [9.17, 15) is 19.5 Å². The van der Waals surface area contributed by atoms with Crippen LogP contribution in [0.3, 0.4) is 0 Å². The summed E-state index contributed by atoms with van der Waals surface area (Å²) < 4.78 is 22.7. The quantitative estimate of drug-likeness (QED) is 0.0195. The van der Waals surface area contributed by atoms with E-state index in [4.69, 9.17) is 18.9 Å². The van der Waals surface area contributed by atoms with Gasteiger partial charge in [0.15, 0.2) is 12.4 Å². The number of hydrogen-bond donors (Lipinski definition) is 0. The van der Waals surface area contributed by atoms with E-state index in [-0.39, 0.29) is 38.6 Å². The molecule has 0 saturated heterocycles. The van der Waals surface area contributed by atoms with Gasteiger partial charge in [0, 0.05) is 12.8 Å².